The van der Waals surface area contributed by atoms with E-state index in [9.17, 15) is 0 Å². The summed E-state index contributed by atoms with van der Waals surface area (Å²) in [6.07, 6.45) is 6.41. The van der Waals surface area contributed by atoms with Crippen molar-refractivity contribution in [3.05, 3.63) is 42.7 Å². The Kier molecular flexibility index (Phi) is 6.78. The van der Waals surface area contributed by atoms with Gasteiger partial charge in [0.05, 0.1) is 5.69 Å². The largest absolute Gasteiger partial charge is 0.361 e. The van der Waals surface area contributed by atoms with Gasteiger partial charge in [0, 0.05) is 68.4 Å². The molecule has 4 atom stereocenters. The highest BCUT2D eigenvalue weighted by molar-refractivity contribution is 7.99. The molecule has 2 bridgehead atoms. The van der Waals surface area contributed by atoms with Gasteiger partial charge < -0.3 is 15.5 Å². The summed E-state index contributed by atoms with van der Waals surface area (Å²) in [6, 6.07) is 10.7. The Morgan fingerprint density at radius 3 is 2.71 bits per heavy atom. The van der Waals surface area contributed by atoms with E-state index in [2.05, 4.69) is 37.3 Å². The minimum absolute atomic E-state index is 0.605. The third kappa shape index (κ3) is 5.25. The fourth-order valence-electron chi connectivity index (χ4n) is 5.29. The number of nitrogens with zero attached hydrogens (tertiary/aromatic N) is 4. The van der Waals surface area contributed by atoms with Crippen LogP contribution in [0.1, 0.15) is 12.8 Å². The molecule has 0 amide bonds. The van der Waals surface area contributed by atoms with Gasteiger partial charge in [-0.2, -0.15) is 16.9 Å². The van der Waals surface area contributed by atoms with E-state index in [-0.39, 0.29) is 0 Å². The van der Waals surface area contributed by atoms with Crippen LogP contribution in [0, 0.1) is 11.8 Å². The maximum absolute atomic E-state index is 5.57. The lowest BCUT2D eigenvalue weighted by Crippen LogP contribution is -2.59. The van der Waals surface area contributed by atoms with Crippen molar-refractivity contribution in [3.8, 4) is 5.69 Å². The molecule has 5 heterocycles. The number of benzene rings is 1. The van der Waals surface area contributed by atoms with E-state index in [1.54, 1.807) is 6.20 Å². The van der Waals surface area contributed by atoms with Gasteiger partial charge in [0.1, 0.15) is 0 Å². The SMILES string of the molecule is S=C(NC[C@H]1C[C@@H]2CCN1C[C@@H]2CN1CCSCC1)Nc1ccc(-n2cccn2)cc1. The summed E-state index contributed by atoms with van der Waals surface area (Å²) in [5.74, 6) is 4.35. The molecule has 0 radical (unpaired) electrons. The minimum atomic E-state index is 0.605. The summed E-state index contributed by atoms with van der Waals surface area (Å²) in [4.78, 5) is 5.41. The topological polar surface area (TPSA) is 48.4 Å². The molecule has 1 aromatic heterocycles. The predicted molar refractivity (Wildman–Crippen MR) is 133 cm³/mol. The summed E-state index contributed by atoms with van der Waals surface area (Å²) in [7, 11) is 0. The fraction of sp³-hybridized carbons (Fsp3) is 0.565. The first-order valence-electron chi connectivity index (χ1n) is 11.4. The van der Waals surface area contributed by atoms with Gasteiger partial charge in [0.15, 0.2) is 5.11 Å². The molecule has 0 spiro atoms. The molecule has 1 aromatic carbocycles. The highest BCUT2D eigenvalue weighted by Crippen LogP contribution is 2.36. The van der Waals surface area contributed by atoms with Crippen molar-refractivity contribution in [1.29, 1.82) is 0 Å². The quantitative estimate of drug-likeness (QED) is 0.648. The van der Waals surface area contributed by atoms with E-state index in [0.29, 0.717) is 11.2 Å². The van der Waals surface area contributed by atoms with E-state index in [1.807, 2.05) is 41.2 Å². The molecule has 1 unspecified atom stereocenters. The van der Waals surface area contributed by atoms with Crippen molar-refractivity contribution in [3.63, 3.8) is 0 Å². The monoisotopic (exact) mass is 456 g/mol. The number of fused-ring (bicyclic) bond motifs is 3. The molecule has 0 saturated carbocycles. The van der Waals surface area contributed by atoms with Crippen LogP contribution in [0.3, 0.4) is 0 Å². The van der Waals surface area contributed by atoms with E-state index < -0.39 is 0 Å². The molecule has 4 aliphatic rings. The number of hydrogen-bond donors (Lipinski definition) is 2. The van der Waals surface area contributed by atoms with Crippen LogP contribution in [0.25, 0.3) is 5.69 Å². The lowest BCUT2D eigenvalue weighted by molar-refractivity contribution is -0.00936. The Balaban J connectivity index is 1.08. The molecule has 2 N–H and O–H groups in total. The van der Waals surface area contributed by atoms with Gasteiger partial charge in [0.25, 0.3) is 0 Å². The van der Waals surface area contributed by atoms with Crippen LogP contribution in [0.4, 0.5) is 5.69 Å². The second-order valence-electron chi connectivity index (χ2n) is 8.94. The van der Waals surface area contributed by atoms with E-state index in [0.717, 1.165) is 29.8 Å². The van der Waals surface area contributed by atoms with Crippen molar-refractivity contribution in [1.82, 2.24) is 24.9 Å². The molecule has 8 heteroatoms. The minimum Gasteiger partial charge on any atom is -0.361 e. The first kappa shape index (κ1) is 21.2. The van der Waals surface area contributed by atoms with Gasteiger partial charge in [-0.05, 0) is 73.8 Å². The van der Waals surface area contributed by atoms with Gasteiger partial charge in [0.2, 0.25) is 0 Å². The average molecular weight is 457 g/mol. The maximum Gasteiger partial charge on any atom is 0.170 e. The lowest BCUT2D eigenvalue weighted by Gasteiger charge is -2.51. The van der Waals surface area contributed by atoms with Gasteiger partial charge in [-0.25, -0.2) is 4.68 Å². The molecule has 166 valence electrons. The zero-order valence-corrected chi connectivity index (χ0v) is 19.6. The molecule has 4 fully saturated rings. The normalized spacial score (nSPS) is 28.4. The van der Waals surface area contributed by atoms with Crippen molar-refractivity contribution < 1.29 is 0 Å². The fourth-order valence-corrected chi connectivity index (χ4v) is 6.47. The van der Waals surface area contributed by atoms with Crippen LogP contribution < -0.4 is 10.6 Å². The van der Waals surface area contributed by atoms with Crippen LogP contribution in [-0.4, -0.2) is 81.5 Å². The van der Waals surface area contributed by atoms with E-state index in [4.69, 9.17) is 12.2 Å². The van der Waals surface area contributed by atoms with E-state index >= 15 is 0 Å². The van der Waals surface area contributed by atoms with Gasteiger partial charge >= 0.3 is 0 Å². The molecule has 4 saturated heterocycles. The molecule has 6 nitrogen and oxygen atoms in total. The van der Waals surface area contributed by atoms with Crippen LogP contribution in [-0.2, 0) is 0 Å². The third-order valence-electron chi connectivity index (χ3n) is 7.00. The lowest BCUT2D eigenvalue weighted by atomic mass is 9.75. The highest BCUT2D eigenvalue weighted by atomic mass is 32.2. The second kappa shape index (κ2) is 9.90. The van der Waals surface area contributed by atoms with Crippen molar-refractivity contribution >= 4 is 34.8 Å². The van der Waals surface area contributed by atoms with E-state index in [1.165, 1.54) is 57.1 Å². The second-order valence-corrected chi connectivity index (χ2v) is 10.6. The summed E-state index contributed by atoms with van der Waals surface area (Å²) in [6.45, 7) is 7.30. The number of anilines is 1. The average Bonchev–Trinajstić information content (AvgIpc) is 3.35. The molecule has 31 heavy (non-hydrogen) atoms. The number of rotatable bonds is 6. The standard InChI is InChI=1S/C23H32N6S2/c30-23(26-20-2-4-21(5-3-20)29-8-1-7-25-29)24-15-22-14-18-6-9-28(22)17-19(18)16-27-10-12-31-13-11-27/h1-5,7-8,18-19,22H,6,9-17H2,(H2,24,26,30)/t18-,19-,22+/m0/s1. The Morgan fingerprint density at radius 1 is 1.16 bits per heavy atom. The number of thioether (sulfide) groups is 1. The molecular formula is C23H32N6S2. The number of nitrogens with one attached hydrogen (secondary N) is 2. The number of piperidine rings is 3. The third-order valence-corrected chi connectivity index (χ3v) is 8.19. The summed E-state index contributed by atoms with van der Waals surface area (Å²) < 4.78 is 1.85. The highest BCUT2D eigenvalue weighted by Gasteiger charge is 2.40. The number of thiocarbonyl (C=S) groups is 1. The Hall–Kier alpha value is -1.61. The first-order valence-corrected chi connectivity index (χ1v) is 13.0. The van der Waals surface area contributed by atoms with Crippen molar-refractivity contribution in [2.24, 2.45) is 11.8 Å². The first-order chi connectivity index (χ1) is 15.2. The smallest absolute Gasteiger partial charge is 0.170 e. The van der Waals surface area contributed by atoms with Gasteiger partial charge in [-0.15, -0.1) is 0 Å². The molecule has 2 aromatic rings. The van der Waals surface area contributed by atoms with Gasteiger partial charge in [-0.3, -0.25) is 4.90 Å². The summed E-state index contributed by atoms with van der Waals surface area (Å²) >= 11 is 7.67. The van der Waals surface area contributed by atoms with Crippen LogP contribution in [0.2, 0.25) is 0 Å². The number of aromatic nitrogens is 2. The zero-order chi connectivity index (χ0) is 21.0. The van der Waals surface area contributed by atoms with Crippen LogP contribution in [0.5, 0.6) is 0 Å². The Morgan fingerprint density at radius 2 is 2.00 bits per heavy atom. The summed E-state index contributed by atoms with van der Waals surface area (Å²) in [5, 5.41) is 11.8. The van der Waals surface area contributed by atoms with Crippen molar-refractivity contribution in [2.45, 2.75) is 18.9 Å². The van der Waals surface area contributed by atoms with Crippen LogP contribution >= 0.6 is 24.0 Å². The number of hydrogen-bond acceptors (Lipinski definition) is 5. The summed E-state index contributed by atoms with van der Waals surface area (Å²) in [5.41, 5.74) is 2.04. The Bertz CT molecular complexity index is 849. The zero-order valence-electron chi connectivity index (χ0n) is 17.9. The molecule has 0 aliphatic carbocycles. The van der Waals surface area contributed by atoms with Crippen LogP contribution in [0.15, 0.2) is 42.7 Å². The van der Waals surface area contributed by atoms with Gasteiger partial charge in [-0.1, -0.05) is 0 Å². The molecule has 4 aliphatic heterocycles. The predicted octanol–water partition coefficient (Wildman–Crippen LogP) is 2.92. The van der Waals surface area contributed by atoms with Crippen molar-refractivity contribution in [2.75, 3.05) is 56.1 Å². The molecular weight excluding hydrogens is 424 g/mol. The Labute approximate surface area is 194 Å². The maximum atomic E-state index is 5.57. The molecule has 6 rings (SSSR count).